The Morgan fingerprint density at radius 1 is 0.513 bits per heavy atom. The Bertz CT molecular complexity index is 3260. The van der Waals surface area contributed by atoms with Crippen LogP contribution in [0.1, 0.15) is 94.2 Å². The highest BCUT2D eigenvalue weighted by molar-refractivity contribution is 7.86. The third kappa shape index (κ3) is 17.8. The third-order valence-corrected chi connectivity index (χ3v) is 14.2. The van der Waals surface area contributed by atoms with Gasteiger partial charge in [0.25, 0.3) is 0 Å². The number of Topliss-reactive ketones (excluding diaryl/α,β-unsaturated/α-hetero) is 2. The molecular formula is C60H64F6N2O8S2. The number of allylic oxidation sites excluding steroid dienone is 22. The SMILES string of the molecule is CC1=C(/C=C/C(C)=C/C=C/C(C)=C/C=C/C=C(C)/C=C/C=C(C)/C=C/C2=C(C)C(=O)C([n+]3ccc4ccccc4c3)CC2(C)C)C(C)(C)CC([n+]2ccc3ccccc3c2)C1=O.O=S(=O)([O-])C(F)(F)F.O=S(=O)([O-])C(F)(F)F. The van der Waals surface area contributed by atoms with Gasteiger partial charge in [-0.2, -0.15) is 35.5 Å². The van der Waals surface area contributed by atoms with Crippen molar-refractivity contribution in [3.05, 3.63) is 215 Å². The predicted molar refractivity (Wildman–Crippen MR) is 291 cm³/mol. The van der Waals surface area contributed by atoms with Crippen LogP contribution in [0.25, 0.3) is 21.5 Å². The van der Waals surface area contributed by atoms with Crippen molar-refractivity contribution in [2.45, 2.75) is 105 Å². The number of benzene rings is 2. The molecule has 2 aliphatic rings. The summed E-state index contributed by atoms with van der Waals surface area (Å²) in [6, 6.07) is 20.3. The fourth-order valence-corrected chi connectivity index (χ4v) is 8.79. The molecule has 0 saturated carbocycles. The number of fused-ring (bicyclic) bond motifs is 2. The molecule has 2 aromatic carbocycles. The summed E-state index contributed by atoms with van der Waals surface area (Å²) < 4.78 is 122. The van der Waals surface area contributed by atoms with Gasteiger partial charge < -0.3 is 9.11 Å². The van der Waals surface area contributed by atoms with Gasteiger partial charge in [0.15, 0.2) is 45.0 Å². The van der Waals surface area contributed by atoms with Gasteiger partial charge in [0.1, 0.15) is 0 Å². The van der Waals surface area contributed by atoms with Gasteiger partial charge in [-0.1, -0.05) is 171 Å². The first-order chi connectivity index (χ1) is 36.0. The summed E-state index contributed by atoms with van der Waals surface area (Å²) in [5, 5.41) is 4.64. The molecule has 2 heterocycles. The molecule has 0 bridgehead atoms. The number of aromatic nitrogens is 2. The molecule has 0 aliphatic heterocycles. The molecule has 0 N–H and O–H groups in total. The number of nitrogens with zero attached hydrogens (tertiary/aromatic N) is 2. The van der Waals surface area contributed by atoms with Crippen LogP contribution in [0, 0.1) is 10.8 Å². The Labute approximate surface area is 453 Å². The van der Waals surface area contributed by atoms with Crippen LogP contribution in [0.2, 0.25) is 0 Å². The van der Waals surface area contributed by atoms with Crippen LogP contribution in [0.3, 0.4) is 0 Å². The van der Waals surface area contributed by atoms with E-state index in [1.807, 2.05) is 50.5 Å². The Hall–Kier alpha value is -6.86. The lowest BCUT2D eigenvalue weighted by atomic mass is 9.70. The Morgan fingerprint density at radius 3 is 1.10 bits per heavy atom. The van der Waals surface area contributed by atoms with Crippen LogP contribution in [-0.2, 0) is 29.8 Å². The maximum absolute atomic E-state index is 13.7. The van der Waals surface area contributed by atoms with Crippen molar-refractivity contribution in [1.82, 2.24) is 0 Å². The smallest absolute Gasteiger partial charge is 0.485 e. The average molecular weight is 1120 g/mol. The Morgan fingerprint density at radius 2 is 0.795 bits per heavy atom. The van der Waals surface area contributed by atoms with Crippen LogP contribution in [-0.4, -0.2) is 48.5 Å². The number of carbonyl (C=O) groups is 2. The summed E-state index contributed by atoms with van der Waals surface area (Å²) >= 11 is 0. The molecule has 2 unspecified atom stereocenters. The summed E-state index contributed by atoms with van der Waals surface area (Å²) in [6.45, 7) is 21.3. The highest BCUT2D eigenvalue weighted by atomic mass is 32.2. The lowest BCUT2D eigenvalue weighted by molar-refractivity contribution is -0.710. The number of hydrogen-bond donors (Lipinski definition) is 0. The molecule has 0 saturated heterocycles. The lowest BCUT2D eigenvalue weighted by Crippen LogP contribution is -2.48. The number of hydrogen-bond acceptors (Lipinski definition) is 8. The fourth-order valence-electron chi connectivity index (χ4n) is 8.79. The van der Waals surface area contributed by atoms with E-state index in [2.05, 4.69) is 198 Å². The quantitative estimate of drug-likeness (QED) is 0.0446. The van der Waals surface area contributed by atoms with Gasteiger partial charge in [-0.3, -0.25) is 9.59 Å². The lowest BCUT2D eigenvalue weighted by Gasteiger charge is -2.34. The number of rotatable bonds is 12. The summed E-state index contributed by atoms with van der Waals surface area (Å²) in [5.74, 6) is 0.379. The van der Waals surface area contributed by atoms with Crippen molar-refractivity contribution in [3.8, 4) is 0 Å². The molecule has 0 spiro atoms. The van der Waals surface area contributed by atoms with Crippen LogP contribution < -0.4 is 9.13 Å². The maximum Gasteiger partial charge on any atom is 0.485 e. The monoisotopic (exact) mass is 1120 g/mol. The molecule has 18 heteroatoms. The first kappa shape index (κ1) is 63.7. The predicted octanol–water partition coefficient (Wildman–Crippen LogP) is 13.7. The molecule has 0 radical (unpaired) electrons. The Kier molecular flexibility index (Phi) is 21.4. The summed E-state index contributed by atoms with van der Waals surface area (Å²) in [5.41, 5.74) is -3.15. The van der Waals surface area contributed by atoms with Gasteiger partial charge in [-0.15, -0.1) is 0 Å². The standard InChI is InChI=1S/C58H64N2O2.2CHF3O3S/c1-41(21-17-23-43(3)29-31-51-45(5)55(61)53(37-57(51,7)8)59-35-33-47-25-13-15-27-49(47)39-59)19-11-12-20-42(2)22-18-24-44(4)30-32-52-46(6)56(62)54(38-58(52,9)10)60-36-34-48-26-14-16-28-50(48)40-60;2*2-1(3,4)8(5,6)7/h11-36,39-40,53-54H,37-38H2,1-10H3;2*(H,5,6,7)/q+2;;/p-2/b12-11+,21-17+,22-18+,31-29+,32-30+,41-19+,42-20+,43-23+,44-24+;;. The van der Waals surface area contributed by atoms with Crippen LogP contribution >= 0.6 is 0 Å². The summed E-state index contributed by atoms with van der Waals surface area (Å²) in [4.78, 5) is 27.3. The minimum atomic E-state index is -6.09. The zero-order valence-corrected chi connectivity index (χ0v) is 46.6. The maximum atomic E-state index is 13.7. The topological polar surface area (TPSA) is 156 Å². The van der Waals surface area contributed by atoms with Gasteiger partial charge >= 0.3 is 11.0 Å². The van der Waals surface area contributed by atoms with E-state index in [-0.39, 0.29) is 34.5 Å². The van der Waals surface area contributed by atoms with E-state index in [0.717, 1.165) is 68.2 Å². The first-order valence-electron chi connectivity index (χ1n) is 24.5. The first-order valence-corrected chi connectivity index (χ1v) is 27.3. The third-order valence-electron chi connectivity index (χ3n) is 13.0. The molecule has 4 aromatic rings. The molecule has 0 amide bonds. The van der Waals surface area contributed by atoms with E-state index in [0.29, 0.717) is 0 Å². The van der Waals surface area contributed by atoms with E-state index in [4.69, 9.17) is 25.9 Å². The molecule has 2 aliphatic carbocycles. The van der Waals surface area contributed by atoms with Crippen molar-refractivity contribution in [1.29, 1.82) is 0 Å². The summed E-state index contributed by atoms with van der Waals surface area (Å²) in [6.07, 6.45) is 39.2. The second-order valence-corrected chi connectivity index (χ2v) is 23.0. The molecular weight excluding hydrogens is 1050 g/mol. The number of halogens is 6. The normalized spacial score (nSPS) is 19.5. The van der Waals surface area contributed by atoms with Crippen LogP contribution in [0.15, 0.2) is 215 Å². The molecule has 0 fully saturated rings. The van der Waals surface area contributed by atoms with E-state index in [1.54, 1.807) is 0 Å². The molecule has 10 nitrogen and oxygen atoms in total. The van der Waals surface area contributed by atoms with Crippen LogP contribution in [0.5, 0.6) is 0 Å². The van der Waals surface area contributed by atoms with E-state index < -0.39 is 31.3 Å². The van der Waals surface area contributed by atoms with Gasteiger partial charge in [0, 0.05) is 46.9 Å². The number of ketones is 2. The number of pyridine rings is 2. The van der Waals surface area contributed by atoms with E-state index in [9.17, 15) is 35.9 Å². The van der Waals surface area contributed by atoms with Crippen molar-refractivity contribution < 1.29 is 71.0 Å². The van der Waals surface area contributed by atoms with Gasteiger partial charge in [0.05, 0.1) is 0 Å². The highest BCUT2D eigenvalue weighted by Gasteiger charge is 2.44. The van der Waals surface area contributed by atoms with Crippen molar-refractivity contribution >= 4 is 53.3 Å². The molecule has 78 heavy (non-hydrogen) atoms. The largest absolute Gasteiger partial charge is 0.741 e. The molecule has 2 atom stereocenters. The molecule has 416 valence electrons. The average Bonchev–Trinajstić information content (AvgIpc) is 3.40. The van der Waals surface area contributed by atoms with Gasteiger partial charge in [-0.05, 0) is 86.4 Å². The van der Waals surface area contributed by atoms with Crippen molar-refractivity contribution in [2.75, 3.05) is 0 Å². The van der Waals surface area contributed by atoms with Crippen LogP contribution in [0.4, 0.5) is 26.3 Å². The highest BCUT2D eigenvalue weighted by Crippen LogP contribution is 2.44. The van der Waals surface area contributed by atoms with E-state index >= 15 is 0 Å². The second kappa shape index (κ2) is 26.2. The minimum absolute atomic E-state index is 0.146. The number of alkyl halides is 6. The van der Waals surface area contributed by atoms with Crippen molar-refractivity contribution in [3.63, 3.8) is 0 Å². The fraction of sp³-hybridized carbons (Fsp3) is 0.300. The minimum Gasteiger partial charge on any atom is -0.741 e. The second-order valence-electron chi connectivity index (χ2n) is 20.3. The van der Waals surface area contributed by atoms with Crippen molar-refractivity contribution in [2.24, 2.45) is 10.8 Å². The zero-order chi connectivity index (χ0) is 58.6. The Balaban J connectivity index is 0.000000711. The zero-order valence-electron chi connectivity index (χ0n) is 45.0. The van der Waals surface area contributed by atoms with Gasteiger partial charge in [0.2, 0.25) is 23.7 Å². The molecule has 2 aromatic heterocycles. The molecule has 6 rings (SSSR count). The number of carbonyl (C=O) groups excluding carboxylic acids is 2. The van der Waals surface area contributed by atoms with E-state index in [1.165, 1.54) is 10.8 Å². The van der Waals surface area contributed by atoms with Gasteiger partial charge in [-0.25, -0.2) is 16.8 Å². The summed E-state index contributed by atoms with van der Waals surface area (Å²) in [7, 11) is -12.2.